The van der Waals surface area contributed by atoms with Crippen molar-refractivity contribution in [2.45, 2.75) is 36.9 Å². The maximum Gasteiger partial charge on any atom is 0.422 e. The van der Waals surface area contributed by atoms with Gasteiger partial charge in [-0.15, -0.1) is 0 Å². The van der Waals surface area contributed by atoms with E-state index in [0.717, 1.165) is 0 Å². The molecular formula is C14H17F5O4. The van der Waals surface area contributed by atoms with Crippen LogP contribution in [-0.4, -0.2) is 57.5 Å². The van der Waals surface area contributed by atoms with Gasteiger partial charge in [0.25, 0.3) is 0 Å². The lowest BCUT2D eigenvalue weighted by Gasteiger charge is -2.31. The van der Waals surface area contributed by atoms with Crippen LogP contribution in [0.5, 0.6) is 0 Å². The highest BCUT2D eigenvalue weighted by molar-refractivity contribution is 5.27. The molecule has 0 aromatic heterocycles. The molecule has 0 spiro atoms. The molecule has 4 nitrogen and oxygen atoms in total. The molecule has 1 unspecified atom stereocenters. The van der Waals surface area contributed by atoms with Gasteiger partial charge in [0.05, 0.1) is 19.3 Å². The van der Waals surface area contributed by atoms with Crippen molar-refractivity contribution in [3.05, 3.63) is 23.8 Å². The summed E-state index contributed by atoms with van der Waals surface area (Å²) in [5.74, 6) is -4.87. The molecule has 0 N–H and O–H groups in total. The van der Waals surface area contributed by atoms with E-state index in [1.54, 1.807) is 0 Å². The largest absolute Gasteiger partial charge is 0.422 e. The molecule has 0 aromatic rings. The maximum atomic E-state index is 13.2. The third-order valence-electron chi connectivity index (χ3n) is 3.45. The Labute approximate surface area is 129 Å². The van der Waals surface area contributed by atoms with Gasteiger partial charge in [-0.3, -0.25) is 0 Å². The van der Waals surface area contributed by atoms with Crippen LogP contribution < -0.4 is 0 Å². The number of ether oxygens (including phenoxy) is 4. The Hall–Kier alpha value is -1.03. The van der Waals surface area contributed by atoms with Crippen molar-refractivity contribution in [2.75, 3.05) is 27.0 Å². The van der Waals surface area contributed by atoms with Crippen LogP contribution in [0.2, 0.25) is 0 Å². The second-order valence-corrected chi connectivity index (χ2v) is 5.17. The normalized spacial score (nSPS) is 29.5. The first-order chi connectivity index (χ1) is 10.8. The number of halogens is 5. The Morgan fingerprint density at radius 2 is 1.87 bits per heavy atom. The van der Waals surface area contributed by atoms with Crippen LogP contribution in [0, 0.1) is 0 Å². The molecule has 1 aliphatic carbocycles. The fraction of sp³-hybridized carbons (Fsp3) is 0.714. The Bertz CT molecular complexity index is 458. The van der Waals surface area contributed by atoms with Gasteiger partial charge < -0.3 is 18.9 Å². The topological polar surface area (TPSA) is 36.9 Å². The van der Waals surface area contributed by atoms with Gasteiger partial charge in [-0.2, -0.15) is 17.6 Å². The molecule has 1 saturated heterocycles. The Morgan fingerprint density at radius 3 is 2.35 bits per heavy atom. The van der Waals surface area contributed by atoms with E-state index in [-0.39, 0.29) is 12.5 Å². The Morgan fingerprint density at radius 1 is 1.22 bits per heavy atom. The maximum absolute atomic E-state index is 13.2. The lowest BCUT2D eigenvalue weighted by atomic mass is 10.0. The predicted molar refractivity (Wildman–Crippen MR) is 69.1 cm³/mol. The molecule has 0 radical (unpaired) electrons. The number of alkyl halides is 5. The number of hydrogen-bond acceptors (Lipinski definition) is 4. The second kappa shape index (κ2) is 7.25. The molecule has 0 saturated carbocycles. The van der Waals surface area contributed by atoms with Gasteiger partial charge >= 0.3 is 12.0 Å². The third-order valence-corrected chi connectivity index (χ3v) is 3.45. The number of hydrogen-bond donors (Lipinski definition) is 0. The van der Waals surface area contributed by atoms with E-state index >= 15 is 0 Å². The minimum Gasteiger partial charge on any atom is -0.377 e. The van der Waals surface area contributed by atoms with Crippen LogP contribution in [0.3, 0.4) is 0 Å². The first-order valence-electron chi connectivity index (χ1n) is 6.92. The van der Waals surface area contributed by atoms with Crippen molar-refractivity contribution in [2.24, 2.45) is 0 Å². The summed E-state index contributed by atoms with van der Waals surface area (Å²) in [5, 5.41) is 0. The fourth-order valence-electron chi connectivity index (χ4n) is 2.05. The highest BCUT2D eigenvalue weighted by atomic mass is 19.3. The highest BCUT2D eigenvalue weighted by Gasteiger charge is 2.59. The second-order valence-electron chi connectivity index (χ2n) is 5.17. The molecule has 0 aromatic carbocycles. The summed E-state index contributed by atoms with van der Waals surface area (Å²) in [6, 6.07) is 0. The van der Waals surface area contributed by atoms with Crippen LogP contribution in [0.4, 0.5) is 22.0 Å². The van der Waals surface area contributed by atoms with E-state index in [2.05, 4.69) is 4.74 Å². The highest BCUT2D eigenvalue weighted by Crippen LogP contribution is 2.37. The van der Waals surface area contributed by atoms with E-state index in [1.807, 2.05) is 0 Å². The van der Waals surface area contributed by atoms with Gasteiger partial charge in [0, 0.05) is 12.7 Å². The molecule has 132 valence electrons. The minimum absolute atomic E-state index is 0.0826. The van der Waals surface area contributed by atoms with Gasteiger partial charge in [-0.1, -0.05) is 18.2 Å². The SMILES string of the molecule is COC1COC(C2=CCC(OC(F)(F)C(F)(F)CF)C=C2)OC1. The summed E-state index contributed by atoms with van der Waals surface area (Å²) < 4.78 is 83.9. The van der Waals surface area contributed by atoms with Crippen LogP contribution in [0.1, 0.15) is 6.42 Å². The average Bonchev–Trinajstić information content (AvgIpc) is 2.55. The summed E-state index contributed by atoms with van der Waals surface area (Å²) in [4.78, 5) is 0. The predicted octanol–water partition coefficient (Wildman–Crippen LogP) is 2.84. The molecule has 9 heteroatoms. The lowest BCUT2D eigenvalue weighted by molar-refractivity contribution is -0.358. The molecule has 1 fully saturated rings. The first kappa shape index (κ1) is 18.3. The van der Waals surface area contributed by atoms with E-state index in [4.69, 9.17) is 14.2 Å². The van der Waals surface area contributed by atoms with Crippen molar-refractivity contribution in [1.29, 1.82) is 0 Å². The van der Waals surface area contributed by atoms with Crippen LogP contribution in [0.25, 0.3) is 0 Å². The number of methoxy groups -OCH3 is 1. The smallest absolute Gasteiger partial charge is 0.377 e. The summed E-state index contributed by atoms with van der Waals surface area (Å²) >= 11 is 0. The van der Waals surface area contributed by atoms with E-state index in [0.29, 0.717) is 18.8 Å². The van der Waals surface area contributed by atoms with Crippen LogP contribution in [0.15, 0.2) is 23.8 Å². The molecule has 1 aliphatic heterocycles. The molecular weight excluding hydrogens is 327 g/mol. The quantitative estimate of drug-likeness (QED) is 0.695. The van der Waals surface area contributed by atoms with E-state index < -0.39 is 31.1 Å². The zero-order valence-electron chi connectivity index (χ0n) is 12.3. The first-order valence-corrected chi connectivity index (χ1v) is 6.92. The summed E-state index contributed by atoms with van der Waals surface area (Å²) in [6.45, 7) is -1.87. The molecule has 1 atom stereocenters. The van der Waals surface area contributed by atoms with Crippen molar-refractivity contribution in [3.63, 3.8) is 0 Å². The molecule has 1 heterocycles. The summed E-state index contributed by atoms with van der Waals surface area (Å²) in [7, 11) is 1.52. The average molecular weight is 344 g/mol. The molecule has 2 rings (SSSR count). The van der Waals surface area contributed by atoms with E-state index in [1.165, 1.54) is 25.3 Å². The molecule has 0 bridgehead atoms. The summed E-state index contributed by atoms with van der Waals surface area (Å²) in [5.41, 5.74) is 0.569. The van der Waals surface area contributed by atoms with Crippen molar-refractivity contribution < 1.29 is 40.9 Å². The van der Waals surface area contributed by atoms with Crippen LogP contribution in [-0.2, 0) is 18.9 Å². The number of rotatable bonds is 6. The monoisotopic (exact) mass is 344 g/mol. The standard InChI is InChI=1S/C14H17F5O4/c1-20-11-6-21-12(22-7-11)9-2-4-10(5-3-9)23-14(18,19)13(16,17)8-15/h2-4,10-12H,5-8H2,1H3. The van der Waals surface area contributed by atoms with Crippen molar-refractivity contribution in [1.82, 2.24) is 0 Å². The van der Waals surface area contributed by atoms with Gasteiger partial charge in [0.15, 0.2) is 13.0 Å². The van der Waals surface area contributed by atoms with Crippen molar-refractivity contribution >= 4 is 0 Å². The van der Waals surface area contributed by atoms with E-state index in [9.17, 15) is 22.0 Å². The third kappa shape index (κ3) is 4.28. The fourth-order valence-corrected chi connectivity index (χ4v) is 2.05. The van der Waals surface area contributed by atoms with Gasteiger partial charge in [0.1, 0.15) is 6.10 Å². The molecule has 2 aliphatic rings. The lowest BCUT2D eigenvalue weighted by Crippen LogP contribution is -2.46. The zero-order chi connectivity index (χ0) is 17.1. The van der Waals surface area contributed by atoms with Gasteiger partial charge in [-0.25, -0.2) is 4.39 Å². The van der Waals surface area contributed by atoms with Gasteiger partial charge in [0.2, 0.25) is 0 Å². The minimum atomic E-state index is -4.88. The molecule has 23 heavy (non-hydrogen) atoms. The van der Waals surface area contributed by atoms with Crippen molar-refractivity contribution in [3.8, 4) is 0 Å². The van der Waals surface area contributed by atoms with Crippen LogP contribution >= 0.6 is 0 Å². The molecule has 0 amide bonds. The zero-order valence-corrected chi connectivity index (χ0v) is 12.3. The Kier molecular flexibility index (Phi) is 5.77. The summed E-state index contributed by atoms with van der Waals surface area (Å²) in [6.07, 6.45) is -3.04. The van der Waals surface area contributed by atoms with Gasteiger partial charge in [-0.05, 0) is 6.42 Å². The Balaban J connectivity index is 1.88.